The summed E-state index contributed by atoms with van der Waals surface area (Å²) in [5.41, 5.74) is 2.65. The molecule has 0 fully saturated rings. The summed E-state index contributed by atoms with van der Waals surface area (Å²) in [5, 5.41) is 5.73. The van der Waals surface area contributed by atoms with E-state index in [4.69, 9.17) is 4.98 Å². The molecule has 3 aromatic heterocycles. The van der Waals surface area contributed by atoms with E-state index < -0.39 is 5.69 Å². The number of fused-ring (bicyclic) bond motifs is 1. The van der Waals surface area contributed by atoms with Crippen LogP contribution >= 0.6 is 11.3 Å². The van der Waals surface area contributed by atoms with Gasteiger partial charge in [-0.15, -0.1) is 11.3 Å². The van der Waals surface area contributed by atoms with Crippen molar-refractivity contribution in [1.82, 2.24) is 24.4 Å². The van der Waals surface area contributed by atoms with Gasteiger partial charge in [-0.2, -0.15) is 0 Å². The molecule has 8 heteroatoms. The Hall–Kier alpha value is -2.97. The Morgan fingerprint density at radius 1 is 1.09 bits per heavy atom. The molecule has 0 bridgehead atoms. The minimum absolute atomic E-state index is 0.0154. The highest BCUT2D eigenvalue weighted by Gasteiger charge is 2.20. The molecule has 174 valence electrons. The Kier molecular flexibility index (Phi) is 7.25. The Bertz CT molecular complexity index is 1320. The van der Waals surface area contributed by atoms with Crippen molar-refractivity contribution in [2.45, 2.75) is 65.7 Å². The molecule has 2 N–H and O–H groups in total. The van der Waals surface area contributed by atoms with Crippen molar-refractivity contribution in [3.63, 3.8) is 0 Å². The third-order valence-electron chi connectivity index (χ3n) is 6.03. The third-order valence-corrected chi connectivity index (χ3v) is 6.97. The number of nitrogens with zero attached hydrogens (tertiary/aromatic N) is 3. The van der Waals surface area contributed by atoms with Crippen molar-refractivity contribution in [3.05, 3.63) is 84.4 Å². The summed E-state index contributed by atoms with van der Waals surface area (Å²) in [6.07, 6.45) is 2.81. The van der Waals surface area contributed by atoms with E-state index in [-0.39, 0.29) is 11.6 Å². The first kappa shape index (κ1) is 23.2. The van der Waals surface area contributed by atoms with Gasteiger partial charge in [-0.05, 0) is 42.3 Å². The fourth-order valence-corrected chi connectivity index (χ4v) is 5.02. The maximum Gasteiger partial charge on any atom is 0.330 e. The molecule has 0 aliphatic carbocycles. The summed E-state index contributed by atoms with van der Waals surface area (Å²) in [4.78, 5) is 33.6. The number of aryl methyl sites for hydroxylation is 3. The third kappa shape index (κ3) is 4.72. The second-order valence-corrected chi connectivity index (χ2v) is 9.11. The number of imidazole rings is 1. The fraction of sp³-hybridized carbons (Fsp3) is 0.400. The Morgan fingerprint density at radius 3 is 2.52 bits per heavy atom. The highest BCUT2D eigenvalue weighted by atomic mass is 32.1. The number of H-pyrrole nitrogens is 1. The maximum absolute atomic E-state index is 12.7. The van der Waals surface area contributed by atoms with Crippen LogP contribution in [-0.2, 0) is 26.1 Å². The van der Waals surface area contributed by atoms with Crippen LogP contribution in [0.25, 0.3) is 11.2 Å². The number of aromatic nitrogens is 4. The molecule has 0 saturated carbocycles. The average Bonchev–Trinajstić information content (AvgIpc) is 3.48. The lowest BCUT2D eigenvalue weighted by atomic mass is 10.0. The van der Waals surface area contributed by atoms with Crippen LogP contribution in [0.3, 0.4) is 0 Å². The minimum atomic E-state index is -0.395. The molecule has 3 heterocycles. The van der Waals surface area contributed by atoms with Crippen LogP contribution in [0, 0.1) is 0 Å². The summed E-state index contributed by atoms with van der Waals surface area (Å²) in [5.74, 6) is 0.751. The van der Waals surface area contributed by atoms with Crippen LogP contribution in [0.4, 0.5) is 0 Å². The van der Waals surface area contributed by atoms with Gasteiger partial charge in [0.25, 0.3) is 5.56 Å². The molecule has 4 rings (SSSR count). The van der Waals surface area contributed by atoms with Crippen molar-refractivity contribution >= 4 is 22.5 Å². The zero-order chi connectivity index (χ0) is 23.4. The maximum atomic E-state index is 12.7. The van der Waals surface area contributed by atoms with Gasteiger partial charge in [-0.3, -0.25) is 19.7 Å². The van der Waals surface area contributed by atoms with Crippen LogP contribution in [0.15, 0.2) is 51.4 Å². The van der Waals surface area contributed by atoms with E-state index in [2.05, 4.69) is 65.9 Å². The Balaban J connectivity index is 1.71. The highest BCUT2D eigenvalue weighted by Crippen LogP contribution is 2.27. The number of hydrogen-bond acceptors (Lipinski definition) is 5. The second kappa shape index (κ2) is 10.3. The average molecular weight is 466 g/mol. The molecule has 0 aliphatic rings. The second-order valence-electron chi connectivity index (χ2n) is 8.13. The zero-order valence-electron chi connectivity index (χ0n) is 19.4. The first-order valence-electron chi connectivity index (χ1n) is 11.6. The first-order chi connectivity index (χ1) is 16.1. The van der Waals surface area contributed by atoms with Gasteiger partial charge < -0.3 is 4.57 Å². The zero-order valence-corrected chi connectivity index (χ0v) is 20.2. The molecule has 1 atom stereocenters. The van der Waals surface area contributed by atoms with Gasteiger partial charge in [-0.25, -0.2) is 9.78 Å². The number of hydrogen-bond donors (Lipinski definition) is 2. The Morgan fingerprint density at radius 2 is 1.88 bits per heavy atom. The van der Waals surface area contributed by atoms with E-state index in [0.717, 1.165) is 25.1 Å². The standard InChI is InChI=1S/C25H31N5O2S/c1-4-7-14-30-23-22(24(31)28-25(30)32)29(6-3)20(27-23)16-26-21(19-9-8-15-33-19)18-12-10-17(5-2)11-13-18/h8-13,15,21,26H,4-7,14,16H2,1-3H3,(H,28,31,32). The summed E-state index contributed by atoms with van der Waals surface area (Å²) in [6, 6.07) is 12.9. The van der Waals surface area contributed by atoms with Crippen LogP contribution < -0.4 is 16.6 Å². The molecule has 1 aromatic carbocycles. The van der Waals surface area contributed by atoms with Gasteiger partial charge >= 0.3 is 5.69 Å². The predicted molar refractivity (Wildman–Crippen MR) is 134 cm³/mol. The lowest BCUT2D eigenvalue weighted by Gasteiger charge is -2.19. The van der Waals surface area contributed by atoms with Gasteiger partial charge in [0.15, 0.2) is 11.2 Å². The van der Waals surface area contributed by atoms with Gasteiger partial charge in [0.2, 0.25) is 0 Å². The van der Waals surface area contributed by atoms with E-state index in [1.54, 1.807) is 15.9 Å². The van der Waals surface area contributed by atoms with E-state index >= 15 is 0 Å². The predicted octanol–water partition coefficient (Wildman–Crippen LogP) is 4.21. The van der Waals surface area contributed by atoms with Crippen molar-refractivity contribution in [1.29, 1.82) is 0 Å². The monoisotopic (exact) mass is 465 g/mol. The fourth-order valence-electron chi connectivity index (χ4n) is 4.19. The molecule has 4 aromatic rings. The van der Waals surface area contributed by atoms with E-state index in [1.807, 2.05) is 11.5 Å². The number of unbranched alkanes of at least 4 members (excludes halogenated alkanes) is 1. The van der Waals surface area contributed by atoms with Gasteiger partial charge in [0, 0.05) is 18.0 Å². The number of aromatic amines is 1. The van der Waals surface area contributed by atoms with E-state index in [0.29, 0.717) is 30.8 Å². The van der Waals surface area contributed by atoms with Crippen LogP contribution in [0.5, 0.6) is 0 Å². The van der Waals surface area contributed by atoms with Crippen molar-refractivity contribution in [2.24, 2.45) is 0 Å². The van der Waals surface area contributed by atoms with Crippen LogP contribution in [-0.4, -0.2) is 19.1 Å². The topological polar surface area (TPSA) is 84.7 Å². The van der Waals surface area contributed by atoms with Crippen molar-refractivity contribution in [2.75, 3.05) is 0 Å². The Labute approximate surface area is 197 Å². The molecule has 1 unspecified atom stereocenters. The van der Waals surface area contributed by atoms with Crippen LogP contribution in [0.2, 0.25) is 0 Å². The summed E-state index contributed by atoms with van der Waals surface area (Å²) in [6.45, 7) is 7.83. The molecular weight excluding hydrogens is 434 g/mol. The first-order valence-corrected chi connectivity index (χ1v) is 12.5. The molecule has 0 spiro atoms. The molecular formula is C25H31N5O2S. The SMILES string of the molecule is CCCCn1c(=O)[nH]c(=O)c2c1nc(CNC(c1ccc(CC)cc1)c1cccs1)n2CC. The number of thiophene rings is 1. The summed E-state index contributed by atoms with van der Waals surface area (Å²) in [7, 11) is 0. The van der Waals surface area contributed by atoms with Gasteiger partial charge in [0.05, 0.1) is 12.6 Å². The van der Waals surface area contributed by atoms with E-state index in [9.17, 15) is 9.59 Å². The van der Waals surface area contributed by atoms with E-state index in [1.165, 1.54) is 16.0 Å². The number of benzene rings is 1. The lowest BCUT2D eigenvalue weighted by molar-refractivity contribution is 0.570. The van der Waals surface area contributed by atoms with Crippen LogP contribution in [0.1, 0.15) is 61.5 Å². The quantitative estimate of drug-likeness (QED) is 0.367. The largest absolute Gasteiger partial charge is 0.330 e. The molecule has 7 nitrogen and oxygen atoms in total. The van der Waals surface area contributed by atoms with Gasteiger partial charge in [0.1, 0.15) is 5.82 Å². The molecule has 0 saturated heterocycles. The minimum Gasteiger partial charge on any atom is -0.321 e. The molecule has 0 aliphatic heterocycles. The lowest BCUT2D eigenvalue weighted by Crippen LogP contribution is -2.31. The number of nitrogens with one attached hydrogen (secondary N) is 2. The smallest absolute Gasteiger partial charge is 0.321 e. The number of rotatable bonds is 10. The van der Waals surface area contributed by atoms with Crippen molar-refractivity contribution < 1.29 is 0 Å². The molecule has 33 heavy (non-hydrogen) atoms. The van der Waals surface area contributed by atoms with Crippen molar-refractivity contribution in [3.8, 4) is 0 Å². The summed E-state index contributed by atoms with van der Waals surface area (Å²) < 4.78 is 3.50. The summed E-state index contributed by atoms with van der Waals surface area (Å²) >= 11 is 1.71. The van der Waals surface area contributed by atoms with Gasteiger partial charge in [-0.1, -0.05) is 50.6 Å². The highest BCUT2D eigenvalue weighted by molar-refractivity contribution is 7.10. The normalized spacial score (nSPS) is 12.5. The molecule has 0 amide bonds. The molecule has 0 radical (unpaired) electrons.